The molecular weight excluding hydrogens is 226 g/mol. The predicted octanol–water partition coefficient (Wildman–Crippen LogP) is 0.297. The summed E-state index contributed by atoms with van der Waals surface area (Å²) in [5, 5.41) is 14.0. The fraction of sp³-hybridized carbons (Fsp3) is 0.300. The minimum Gasteiger partial charge on any atom is -0.481 e. The molecule has 2 heterocycles. The molecule has 2 rings (SSSR count). The van der Waals surface area contributed by atoms with Crippen LogP contribution in [-0.2, 0) is 9.59 Å². The average molecular weight is 237 g/mol. The van der Waals surface area contributed by atoms with Gasteiger partial charge in [-0.25, -0.2) is 0 Å². The van der Waals surface area contributed by atoms with E-state index in [4.69, 9.17) is 9.84 Å². The number of nitrogens with zero attached hydrogens (tertiary/aromatic N) is 1. The zero-order valence-corrected chi connectivity index (χ0v) is 9.06. The highest BCUT2D eigenvalue weighted by Crippen LogP contribution is 2.27. The number of aliphatic carboxylic acids is 1. The Labute approximate surface area is 96.8 Å². The Hall–Kier alpha value is -2.31. The monoisotopic (exact) mass is 237 g/mol. The SMILES string of the molecule is COc1ccc2c(n1)NC(CC(=O)O)C(=O)N2. The predicted molar refractivity (Wildman–Crippen MR) is 59.1 cm³/mol. The van der Waals surface area contributed by atoms with Crippen LogP contribution in [0.25, 0.3) is 0 Å². The number of carboxylic acids is 1. The smallest absolute Gasteiger partial charge is 0.305 e. The molecule has 0 spiro atoms. The third-order valence-corrected chi connectivity index (χ3v) is 2.34. The molecular formula is C10H11N3O4. The second-order valence-corrected chi connectivity index (χ2v) is 3.53. The number of nitrogens with one attached hydrogen (secondary N) is 2. The van der Waals surface area contributed by atoms with Crippen LogP contribution in [0, 0.1) is 0 Å². The topological polar surface area (TPSA) is 101 Å². The standard InChI is InChI=1S/C10H11N3O4/c1-17-7-3-2-5-9(13-7)11-6(4-8(14)15)10(16)12-5/h2-3,6H,4H2,1H3,(H,11,13)(H,12,16)(H,14,15). The lowest BCUT2D eigenvalue weighted by Gasteiger charge is -2.24. The summed E-state index contributed by atoms with van der Waals surface area (Å²) in [5.74, 6) is -0.632. The third kappa shape index (κ3) is 2.27. The Bertz CT molecular complexity index is 475. The van der Waals surface area contributed by atoms with Gasteiger partial charge in [-0.2, -0.15) is 4.98 Å². The molecule has 0 aromatic carbocycles. The molecule has 0 radical (unpaired) electrons. The maximum absolute atomic E-state index is 11.6. The van der Waals surface area contributed by atoms with Gasteiger partial charge in [0.15, 0.2) is 5.82 Å². The van der Waals surface area contributed by atoms with Crippen LogP contribution in [0.5, 0.6) is 5.88 Å². The van der Waals surface area contributed by atoms with Gasteiger partial charge < -0.3 is 20.5 Å². The van der Waals surface area contributed by atoms with Crippen LogP contribution >= 0.6 is 0 Å². The molecule has 1 aromatic rings. The fourth-order valence-electron chi connectivity index (χ4n) is 1.53. The molecule has 0 fully saturated rings. The lowest BCUT2D eigenvalue weighted by Crippen LogP contribution is -2.40. The van der Waals surface area contributed by atoms with Crippen molar-refractivity contribution >= 4 is 23.4 Å². The van der Waals surface area contributed by atoms with Crippen molar-refractivity contribution < 1.29 is 19.4 Å². The number of hydrogen-bond donors (Lipinski definition) is 3. The number of amides is 1. The molecule has 17 heavy (non-hydrogen) atoms. The van der Waals surface area contributed by atoms with Gasteiger partial charge in [0, 0.05) is 6.07 Å². The number of methoxy groups -OCH3 is 1. The Morgan fingerprint density at radius 1 is 1.59 bits per heavy atom. The summed E-state index contributed by atoms with van der Waals surface area (Å²) < 4.78 is 4.94. The second-order valence-electron chi connectivity index (χ2n) is 3.53. The van der Waals surface area contributed by atoms with E-state index in [2.05, 4.69) is 15.6 Å². The largest absolute Gasteiger partial charge is 0.481 e. The van der Waals surface area contributed by atoms with E-state index >= 15 is 0 Å². The Morgan fingerprint density at radius 3 is 3.00 bits per heavy atom. The Balaban J connectivity index is 2.25. The zero-order chi connectivity index (χ0) is 12.4. The van der Waals surface area contributed by atoms with E-state index < -0.39 is 12.0 Å². The summed E-state index contributed by atoms with van der Waals surface area (Å²) in [4.78, 5) is 26.2. The van der Waals surface area contributed by atoms with Gasteiger partial charge in [0.25, 0.3) is 0 Å². The van der Waals surface area contributed by atoms with Gasteiger partial charge in [-0.3, -0.25) is 9.59 Å². The molecule has 1 aliphatic rings. The van der Waals surface area contributed by atoms with Crippen LogP contribution in [-0.4, -0.2) is 35.1 Å². The normalized spacial score (nSPS) is 17.7. The third-order valence-electron chi connectivity index (χ3n) is 2.34. The number of pyridine rings is 1. The fourth-order valence-corrected chi connectivity index (χ4v) is 1.53. The number of anilines is 2. The molecule has 90 valence electrons. The van der Waals surface area contributed by atoms with Crippen LogP contribution in [0.3, 0.4) is 0 Å². The quantitative estimate of drug-likeness (QED) is 0.699. The van der Waals surface area contributed by atoms with Gasteiger partial charge in [0.05, 0.1) is 19.2 Å². The van der Waals surface area contributed by atoms with Crippen molar-refractivity contribution in [2.75, 3.05) is 17.7 Å². The summed E-state index contributed by atoms with van der Waals surface area (Å²) in [7, 11) is 1.48. The molecule has 7 heteroatoms. The number of carbonyl (C=O) groups excluding carboxylic acids is 1. The first kappa shape index (κ1) is 11.2. The van der Waals surface area contributed by atoms with Crippen molar-refractivity contribution in [1.29, 1.82) is 0 Å². The molecule has 0 aliphatic carbocycles. The number of fused-ring (bicyclic) bond motifs is 1. The maximum Gasteiger partial charge on any atom is 0.305 e. The van der Waals surface area contributed by atoms with Crippen LogP contribution in [0.2, 0.25) is 0 Å². The number of carboxylic acid groups (broad SMARTS) is 1. The van der Waals surface area contributed by atoms with E-state index in [-0.39, 0.29) is 12.3 Å². The lowest BCUT2D eigenvalue weighted by atomic mass is 10.1. The van der Waals surface area contributed by atoms with Gasteiger partial charge in [0.1, 0.15) is 6.04 Å². The van der Waals surface area contributed by atoms with Crippen LogP contribution in [0.4, 0.5) is 11.5 Å². The molecule has 1 aromatic heterocycles. The Kier molecular flexibility index (Phi) is 2.82. The molecule has 1 amide bonds. The van der Waals surface area contributed by atoms with Crippen molar-refractivity contribution in [3.63, 3.8) is 0 Å². The van der Waals surface area contributed by atoms with Crippen LogP contribution in [0.1, 0.15) is 6.42 Å². The molecule has 0 bridgehead atoms. The molecule has 1 atom stereocenters. The lowest BCUT2D eigenvalue weighted by molar-refractivity contribution is -0.138. The van der Waals surface area contributed by atoms with E-state index in [9.17, 15) is 9.59 Å². The summed E-state index contributed by atoms with van der Waals surface area (Å²) in [6.07, 6.45) is -0.301. The maximum atomic E-state index is 11.6. The van der Waals surface area contributed by atoms with Gasteiger partial charge >= 0.3 is 5.97 Å². The highest BCUT2D eigenvalue weighted by atomic mass is 16.5. The van der Waals surface area contributed by atoms with Gasteiger partial charge in [-0.05, 0) is 6.07 Å². The summed E-state index contributed by atoms with van der Waals surface area (Å²) in [5.41, 5.74) is 0.512. The molecule has 7 nitrogen and oxygen atoms in total. The minimum absolute atomic E-state index is 0.301. The van der Waals surface area contributed by atoms with Crippen LogP contribution < -0.4 is 15.4 Å². The van der Waals surface area contributed by atoms with E-state index in [0.717, 1.165) is 0 Å². The summed E-state index contributed by atoms with van der Waals surface area (Å²) in [6, 6.07) is 2.43. The Morgan fingerprint density at radius 2 is 2.35 bits per heavy atom. The zero-order valence-electron chi connectivity index (χ0n) is 9.06. The van der Waals surface area contributed by atoms with Gasteiger partial charge in [-0.15, -0.1) is 0 Å². The molecule has 1 aliphatic heterocycles. The highest BCUT2D eigenvalue weighted by Gasteiger charge is 2.28. The van der Waals surface area contributed by atoms with Gasteiger partial charge in [-0.1, -0.05) is 0 Å². The van der Waals surface area contributed by atoms with E-state index in [0.29, 0.717) is 17.4 Å². The second kappa shape index (κ2) is 4.28. The van der Waals surface area contributed by atoms with Crippen molar-refractivity contribution in [2.24, 2.45) is 0 Å². The van der Waals surface area contributed by atoms with Crippen molar-refractivity contribution in [2.45, 2.75) is 12.5 Å². The number of hydrogen-bond acceptors (Lipinski definition) is 5. The van der Waals surface area contributed by atoms with Crippen molar-refractivity contribution in [1.82, 2.24) is 4.98 Å². The van der Waals surface area contributed by atoms with E-state index in [1.165, 1.54) is 7.11 Å². The molecule has 0 saturated carbocycles. The summed E-state index contributed by atoms with van der Waals surface area (Å²) in [6.45, 7) is 0. The van der Waals surface area contributed by atoms with Crippen molar-refractivity contribution in [3.8, 4) is 5.88 Å². The number of aromatic nitrogens is 1. The average Bonchev–Trinajstić information content (AvgIpc) is 2.29. The first-order chi connectivity index (χ1) is 8.10. The number of ether oxygens (including phenoxy) is 1. The summed E-state index contributed by atoms with van der Waals surface area (Å²) >= 11 is 0. The minimum atomic E-state index is -1.05. The van der Waals surface area contributed by atoms with E-state index in [1.807, 2.05) is 0 Å². The molecule has 3 N–H and O–H groups in total. The van der Waals surface area contributed by atoms with E-state index in [1.54, 1.807) is 12.1 Å². The van der Waals surface area contributed by atoms with Gasteiger partial charge in [0.2, 0.25) is 11.8 Å². The number of carbonyl (C=O) groups is 2. The van der Waals surface area contributed by atoms with Crippen molar-refractivity contribution in [3.05, 3.63) is 12.1 Å². The van der Waals surface area contributed by atoms with Crippen LogP contribution in [0.15, 0.2) is 12.1 Å². The first-order valence-corrected chi connectivity index (χ1v) is 4.94. The first-order valence-electron chi connectivity index (χ1n) is 4.94. The molecule has 1 unspecified atom stereocenters. The number of rotatable bonds is 3. The highest BCUT2D eigenvalue weighted by molar-refractivity contribution is 6.03. The molecule has 0 saturated heterocycles.